The number of methoxy groups -OCH3 is 1. The maximum atomic E-state index is 9.06. The molecular formula is C14H18N2O3. The van der Waals surface area contributed by atoms with Crippen LogP contribution in [0.2, 0.25) is 0 Å². The lowest BCUT2D eigenvalue weighted by atomic mass is 10.2. The molecule has 2 N–H and O–H groups in total. The molecule has 1 aromatic rings. The summed E-state index contributed by atoms with van der Waals surface area (Å²) in [7, 11) is 1.55. The molecule has 0 radical (unpaired) electrons. The molecule has 1 atom stereocenters. The predicted octanol–water partition coefficient (Wildman–Crippen LogP) is 1.21. The average molecular weight is 262 g/mol. The number of hydrogen-bond acceptors (Lipinski definition) is 5. The van der Waals surface area contributed by atoms with Gasteiger partial charge in [-0.25, -0.2) is 0 Å². The normalized spacial score (nSPS) is 15.6. The standard InChI is InChI=1S/C14H18N2O3/c1-18-14-6-10(8-17)2-5-13(14)19-9-12(7-15)16-11-3-4-11/h2,5-6,11-12,16-17H,3-4,8-9H2,1H3. The van der Waals surface area contributed by atoms with Crippen LogP contribution >= 0.6 is 0 Å². The minimum Gasteiger partial charge on any atom is -0.493 e. The average Bonchev–Trinajstić information content (AvgIpc) is 3.27. The Hall–Kier alpha value is -1.77. The van der Waals surface area contributed by atoms with Crippen molar-refractivity contribution in [3.8, 4) is 17.6 Å². The molecule has 1 fully saturated rings. The number of benzene rings is 1. The zero-order valence-corrected chi connectivity index (χ0v) is 10.9. The van der Waals surface area contributed by atoms with Crippen molar-refractivity contribution in [1.82, 2.24) is 5.32 Å². The second kappa shape index (κ2) is 6.41. The van der Waals surface area contributed by atoms with Crippen LogP contribution in [0.15, 0.2) is 18.2 Å². The Morgan fingerprint density at radius 1 is 1.47 bits per heavy atom. The van der Waals surface area contributed by atoms with Gasteiger partial charge < -0.3 is 14.6 Å². The number of nitrogens with one attached hydrogen (secondary N) is 1. The highest BCUT2D eigenvalue weighted by Crippen LogP contribution is 2.28. The number of ether oxygens (including phenoxy) is 2. The first-order valence-electron chi connectivity index (χ1n) is 6.33. The van der Waals surface area contributed by atoms with Gasteiger partial charge in [0.25, 0.3) is 0 Å². The van der Waals surface area contributed by atoms with Crippen molar-refractivity contribution in [2.75, 3.05) is 13.7 Å². The Morgan fingerprint density at radius 2 is 2.26 bits per heavy atom. The van der Waals surface area contributed by atoms with Gasteiger partial charge in [-0.05, 0) is 30.5 Å². The Balaban J connectivity index is 1.95. The summed E-state index contributed by atoms with van der Waals surface area (Å²) < 4.78 is 10.8. The smallest absolute Gasteiger partial charge is 0.161 e. The van der Waals surface area contributed by atoms with Crippen molar-refractivity contribution in [2.24, 2.45) is 0 Å². The summed E-state index contributed by atoms with van der Waals surface area (Å²) in [5.74, 6) is 1.15. The van der Waals surface area contributed by atoms with Gasteiger partial charge in [0.1, 0.15) is 12.6 Å². The number of aliphatic hydroxyl groups is 1. The van der Waals surface area contributed by atoms with Crippen molar-refractivity contribution < 1.29 is 14.6 Å². The third kappa shape index (κ3) is 3.85. The molecule has 1 aliphatic carbocycles. The number of nitriles is 1. The summed E-state index contributed by atoms with van der Waals surface area (Å²) in [6.07, 6.45) is 2.26. The van der Waals surface area contributed by atoms with Gasteiger partial charge in [0, 0.05) is 6.04 Å². The van der Waals surface area contributed by atoms with Crippen LogP contribution in [0.3, 0.4) is 0 Å². The van der Waals surface area contributed by atoms with Crippen molar-refractivity contribution >= 4 is 0 Å². The summed E-state index contributed by atoms with van der Waals surface area (Å²) in [5.41, 5.74) is 0.761. The summed E-state index contributed by atoms with van der Waals surface area (Å²) in [6, 6.07) is 7.59. The van der Waals surface area contributed by atoms with Crippen LogP contribution in [0.5, 0.6) is 11.5 Å². The summed E-state index contributed by atoms with van der Waals surface area (Å²) >= 11 is 0. The quantitative estimate of drug-likeness (QED) is 0.772. The van der Waals surface area contributed by atoms with Gasteiger partial charge in [0.15, 0.2) is 11.5 Å². The molecule has 1 unspecified atom stereocenters. The topological polar surface area (TPSA) is 74.5 Å². The van der Waals surface area contributed by atoms with Crippen LogP contribution in [0.25, 0.3) is 0 Å². The molecule has 5 heteroatoms. The largest absolute Gasteiger partial charge is 0.493 e. The maximum Gasteiger partial charge on any atom is 0.161 e. The van der Waals surface area contributed by atoms with Crippen molar-refractivity contribution in [3.05, 3.63) is 23.8 Å². The van der Waals surface area contributed by atoms with Gasteiger partial charge in [0.05, 0.1) is 19.8 Å². The molecule has 5 nitrogen and oxygen atoms in total. The summed E-state index contributed by atoms with van der Waals surface area (Å²) in [4.78, 5) is 0. The van der Waals surface area contributed by atoms with Crippen molar-refractivity contribution in [3.63, 3.8) is 0 Å². The van der Waals surface area contributed by atoms with Crippen LogP contribution < -0.4 is 14.8 Å². The fourth-order valence-corrected chi connectivity index (χ4v) is 1.76. The van der Waals surface area contributed by atoms with E-state index in [1.165, 1.54) is 0 Å². The first-order valence-corrected chi connectivity index (χ1v) is 6.33. The highest BCUT2D eigenvalue weighted by Gasteiger charge is 2.24. The fourth-order valence-electron chi connectivity index (χ4n) is 1.76. The first-order chi connectivity index (χ1) is 9.26. The van der Waals surface area contributed by atoms with Crippen LogP contribution in [0.1, 0.15) is 18.4 Å². The molecule has 1 aromatic carbocycles. The van der Waals surface area contributed by atoms with Gasteiger partial charge in [-0.1, -0.05) is 6.07 Å². The zero-order chi connectivity index (χ0) is 13.7. The van der Waals surface area contributed by atoms with E-state index in [2.05, 4.69) is 11.4 Å². The Morgan fingerprint density at radius 3 is 2.84 bits per heavy atom. The van der Waals surface area contributed by atoms with E-state index in [0.717, 1.165) is 18.4 Å². The number of aliphatic hydroxyl groups excluding tert-OH is 1. The molecule has 1 saturated carbocycles. The Kier molecular flexibility index (Phi) is 4.61. The monoisotopic (exact) mass is 262 g/mol. The SMILES string of the molecule is COc1cc(CO)ccc1OCC(C#N)NC1CC1. The highest BCUT2D eigenvalue weighted by molar-refractivity contribution is 5.42. The highest BCUT2D eigenvalue weighted by atomic mass is 16.5. The molecule has 0 aromatic heterocycles. The Labute approximate surface area is 112 Å². The molecular weight excluding hydrogens is 244 g/mol. The lowest BCUT2D eigenvalue weighted by Gasteiger charge is -2.15. The molecule has 0 bridgehead atoms. The van der Waals surface area contributed by atoms with E-state index in [9.17, 15) is 0 Å². The second-order valence-electron chi connectivity index (χ2n) is 4.58. The van der Waals surface area contributed by atoms with Crippen molar-refractivity contribution in [1.29, 1.82) is 5.26 Å². The van der Waals surface area contributed by atoms with Gasteiger partial charge in [-0.2, -0.15) is 5.26 Å². The van der Waals surface area contributed by atoms with E-state index in [-0.39, 0.29) is 19.3 Å². The van der Waals surface area contributed by atoms with E-state index in [1.54, 1.807) is 25.3 Å². The maximum absolute atomic E-state index is 9.06. The van der Waals surface area contributed by atoms with Crippen molar-refractivity contribution in [2.45, 2.75) is 31.5 Å². The van der Waals surface area contributed by atoms with E-state index < -0.39 is 0 Å². The summed E-state index contributed by atoms with van der Waals surface area (Å²) in [5, 5.41) is 21.3. The van der Waals surface area contributed by atoms with E-state index in [4.69, 9.17) is 19.8 Å². The van der Waals surface area contributed by atoms with E-state index >= 15 is 0 Å². The van der Waals surface area contributed by atoms with Gasteiger partial charge in [0.2, 0.25) is 0 Å². The number of hydrogen-bond donors (Lipinski definition) is 2. The second-order valence-corrected chi connectivity index (χ2v) is 4.58. The lowest BCUT2D eigenvalue weighted by molar-refractivity contribution is 0.267. The molecule has 19 heavy (non-hydrogen) atoms. The molecule has 102 valence electrons. The van der Waals surface area contributed by atoms with Crippen LogP contribution in [-0.2, 0) is 6.61 Å². The first kappa shape index (κ1) is 13.7. The molecule has 1 aliphatic rings. The third-order valence-corrected chi connectivity index (χ3v) is 2.99. The molecule has 0 aliphatic heterocycles. The lowest BCUT2D eigenvalue weighted by Crippen LogP contribution is -2.34. The molecule has 0 spiro atoms. The zero-order valence-electron chi connectivity index (χ0n) is 10.9. The predicted molar refractivity (Wildman–Crippen MR) is 70.0 cm³/mol. The minimum absolute atomic E-state index is 0.0410. The Bertz CT molecular complexity index is 466. The van der Waals surface area contributed by atoms with Gasteiger partial charge >= 0.3 is 0 Å². The number of nitrogens with zero attached hydrogens (tertiary/aromatic N) is 1. The van der Waals surface area contributed by atoms with Crippen LogP contribution in [0.4, 0.5) is 0 Å². The molecule has 0 amide bonds. The molecule has 0 heterocycles. The minimum atomic E-state index is -0.310. The molecule has 2 rings (SSSR count). The van der Waals surface area contributed by atoms with E-state index in [0.29, 0.717) is 17.5 Å². The molecule has 0 saturated heterocycles. The van der Waals surface area contributed by atoms with Gasteiger partial charge in [-0.3, -0.25) is 5.32 Å². The third-order valence-electron chi connectivity index (χ3n) is 2.99. The van der Waals surface area contributed by atoms with Gasteiger partial charge in [-0.15, -0.1) is 0 Å². The van der Waals surface area contributed by atoms with Crippen LogP contribution in [0, 0.1) is 11.3 Å². The number of rotatable bonds is 7. The fraction of sp³-hybridized carbons (Fsp3) is 0.500. The summed E-state index contributed by atoms with van der Waals surface area (Å²) in [6.45, 7) is 0.239. The van der Waals surface area contributed by atoms with E-state index in [1.807, 2.05) is 0 Å². The van der Waals surface area contributed by atoms with Crippen LogP contribution in [-0.4, -0.2) is 30.9 Å².